The maximum Gasteiger partial charge on any atom is 0.246 e. The van der Waals surface area contributed by atoms with Crippen LogP contribution >= 0.6 is 0 Å². The number of nitrogens with one attached hydrogen (secondary N) is 2. The number of hydrogen-bond donors (Lipinski definition) is 3. The van der Waals surface area contributed by atoms with Crippen molar-refractivity contribution < 1.29 is 24.2 Å². The quantitative estimate of drug-likeness (QED) is 0.352. The molecule has 204 valence electrons. The highest BCUT2D eigenvalue weighted by atomic mass is 16.5. The van der Waals surface area contributed by atoms with Gasteiger partial charge in [0.15, 0.2) is 0 Å². The van der Waals surface area contributed by atoms with E-state index < -0.39 is 29.1 Å². The van der Waals surface area contributed by atoms with E-state index in [1.165, 1.54) is 0 Å². The first-order valence-electron chi connectivity index (χ1n) is 14.1. The summed E-state index contributed by atoms with van der Waals surface area (Å²) >= 11 is 0. The van der Waals surface area contributed by atoms with Gasteiger partial charge in [-0.3, -0.25) is 14.4 Å². The summed E-state index contributed by atoms with van der Waals surface area (Å²) in [5.74, 6) is -1.81. The number of benzene rings is 1. The Morgan fingerprint density at radius 2 is 1.89 bits per heavy atom. The molecular weight excluding hydrogens is 470 g/mol. The average molecular weight is 514 g/mol. The van der Waals surface area contributed by atoms with Crippen LogP contribution in [0.15, 0.2) is 30.3 Å². The number of aliphatic hydroxyl groups is 1. The molecule has 3 fully saturated rings. The van der Waals surface area contributed by atoms with Gasteiger partial charge >= 0.3 is 0 Å². The molecule has 6 atom stereocenters. The molecule has 3 aliphatic heterocycles. The maximum atomic E-state index is 14.0. The van der Waals surface area contributed by atoms with Crippen molar-refractivity contribution in [3.05, 3.63) is 35.9 Å². The Morgan fingerprint density at radius 1 is 1.14 bits per heavy atom. The van der Waals surface area contributed by atoms with Crippen LogP contribution in [0.2, 0.25) is 0 Å². The van der Waals surface area contributed by atoms with E-state index in [9.17, 15) is 19.5 Å². The zero-order valence-corrected chi connectivity index (χ0v) is 22.5. The molecule has 3 aliphatic rings. The summed E-state index contributed by atoms with van der Waals surface area (Å²) in [6.07, 6.45) is 5.76. The highest BCUT2D eigenvalue weighted by Gasteiger charge is 2.78. The van der Waals surface area contributed by atoms with E-state index in [4.69, 9.17) is 4.74 Å². The van der Waals surface area contributed by atoms with Crippen molar-refractivity contribution in [3.8, 4) is 0 Å². The van der Waals surface area contributed by atoms with E-state index in [0.29, 0.717) is 45.2 Å². The second-order valence-corrected chi connectivity index (χ2v) is 11.1. The Hall–Kier alpha value is -2.45. The summed E-state index contributed by atoms with van der Waals surface area (Å²) in [5, 5.41) is 15.4. The fourth-order valence-corrected chi connectivity index (χ4v) is 6.95. The number of rotatable bonds is 13. The van der Waals surface area contributed by atoms with Gasteiger partial charge in [-0.1, -0.05) is 50.6 Å². The predicted molar refractivity (Wildman–Crippen MR) is 140 cm³/mol. The van der Waals surface area contributed by atoms with E-state index in [0.717, 1.165) is 24.8 Å². The van der Waals surface area contributed by atoms with E-state index >= 15 is 0 Å². The smallest absolute Gasteiger partial charge is 0.246 e. The minimum absolute atomic E-state index is 0.0111. The van der Waals surface area contributed by atoms with Crippen LogP contribution < -0.4 is 10.6 Å². The molecule has 3 N–H and O–H groups in total. The molecular formula is C29H43N3O5. The van der Waals surface area contributed by atoms with Gasteiger partial charge in [0, 0.05) is 25.7 Å². The minimum atomic E-state index is -0.991. The van der Waals surface area contributed by atoms with Gasteiger partial charge in [0.2, 0.25) is 17.7 Å². The van der Waals surface area contributed by atoms with Gasteiger partial charge in [-0.05, 0) is 57.4 Å². The number of aliphatic hydroxyl groups excluding tert-OH is 1. The standard InChI is InChI=1S/C29H43N3O5/c1-4-12-20(3)31-26(35)24-29-16-15-28(5-2,37-29)22(25(34)30-19-21-13-8-6-9-14-21)23(29)27(36)32(24)17-10-7-11-18-33/h6,8-9,13-14,20,22-24,33H,4-5,7,10-12,15-19H2,1-3H3,(H,30,34)(H,31,35)/t20?,22-,23+,24?,28+,29?/m1/s1. The molecule has 4 rings (SSSR count). The molecule has 1 spiro atoms. The molecule has 3 saturated heterocycles. The van der Waals surface area contributed by atoms with Crippen molar-refractivity contribution in [3.63, 3.8) is 0 Å². The maximum absolute atomic E-state index is 14.0. The molecule has 2 bridgehead atoms. The molecule has 0 saturated carbocycles. The number of amides is 3. The van der Waals surface area contributed by atoms with Gasteiger partial charge in [0.05, 0.1) is 17.4 Å². The number of fused-ring (bicyclic) bond motifs is 1. The highest BCUT2D eigenvalue weighted by molar-refractivity contribution is 5.99. The van der Waals surface area contributed by atoms with Crippen LogP contribution in [0.25, 0.3) is 0 Å². The fraction of sp³-hybridized carbons (Fsp3) is 0.690. The van der Waals surface area contributed by atoms with Gasteiger partial charge in [0.25, 0.3) is 0 Å². The summed E-state index contributed by atoms with van der Waals surface area (Å²) in [6.45, 7) is 6.97. The number of carbonyl (C=O) groups excluding carboxylic acids is 3. The molecule has 0 aliphatic carbocycles. The Bertz CT molecular complexity index is 972. The first-order valence-corrected chi connectivity index (χ1v) is 14.1. The third-order valence-corrected chi connectivity index (χ3v) is 8.69. The van der Waals surface area contributed by atoms with Gasteiger partial charge < -0.3 is 25.4 Å². The van der Waals surface area contributed by atoms with Gasteiger partial charge in [-0.25, -0.2) is 0 Å². The SMILES string of the molecule is CCCC(C)NC(=O)C1N(CCCCCO)C(=O)[C@@H]2[C@H](C(=O)NCc3ccccc3)[C@]3(CC)CCC12O3. The van der Waals surface area contributed by atoms with Crippen molar-refractivity contribution >= 4 is 17.7 Å². The minimum Gasteiger partial charge on any atom is -0.396 e. The second-order valence-electron chi connectivity index (χ2n) is 11.1. The summed E-state index contributed by atoms with van der Waals surface area (Å²) in [6, 6.07) is 8.96. The molecule has 0 radical (unpaired) electrons. The van der Waals surface area contributed by atoms with E-state index in [1.807, 2.05) is 44.2 Å². The molecule has 3 heterocycles. The Balaban J connectivity index is 1.63. The summed E-state index contributed by atoms with van der Waals surface area (Å²) in [5.41, 5.74) is -0.738. The van der Waals surface area contributed by atoms with Crippen LogP contribution in [0.3, 0.4) is 0 Å². The summed E-state index contributed by atoms with van der Waals surface area (Å²) in [4.78, 5) is 43.2. The van der Waals surface area contributed by atoms with E-state index in [-0.39, 0.29) is 30.4 Å². The first kappa shape index (κ1) is 27.6. The lowest BCUT2D eigenvalue weighted by Gasteiger charge is -2.34. The molecule has 8 nitrogen and oxygen atoms in total. The lowest BCUT2D eigenvalue weighted by atomic mass is 9.65. The lowest BCUT2D eigenvalue weighted by molar-refractivity contribution is -0.148. The number of unbranched alkanes of at least 4 members (excludes halogenated alkanes) is 2. The highest BCUT2D eigenvalue weighted by Crippen LogP contribution is 2.64. The van der Waals surface area contributed by atoms with Crippen molar-refractivity contribution in [1.82, 2.24) is 15.5 Å². The zero-order chi connectivity index (χ0) is 26.6. The van der Waals surface area contributed by atoms with Crippen LogP contribution in [0.4, 0.5) is 0 Å². The van der Waals surface area contributed by atoms with Crippen LogP contribution in [0.1, 0.15) is 77.7 Å². The zero-order valence-electron chi connectivity index (χ0n) is 22.5. The largest absolute Gasteiger partial charge is 0.396 e. The number of nitrogens with zero attached hydrogens (tertiary/aromatic N) is 1. The first-order chi connectivity index (χ1) is 17.8. The van der Waals surface area contributed by atoms with Crippen molar-refractivity contribution in [2.24, 2.45) is 11.8 Å². The molecule has 1 aromatic carbocycles. The molecule has 3 amide bonds. The topological polar surface area (TPSA) is 108 Å². The monoisotopic (exact) mass is 513 g/mol. The van der Waals surface area contributed by atoms with E-state index in [1.54, 1.807) is 4.90 Å². The van der Waals surface area contributed by atoms with Crippen LogP contribution in [-0.2, 0) is 25.7 Å². The third kappa shape index (κ3) is 5.02. The summed E-state index contributed by atoms with van der Waals surface area (Å²) in [7, 11) is 0. The lowest BCUT2D eigenvalue weighted by Crippen LogP contribution is -2.56. The van der Waals surface area contributed by atoms with Crippen LogP contribution in [0.5, 0.6) is 0 Å². The van der Waals surface area contributed by atoms with Gasteiger partial charge in [-0.15, -0.1) is 0 Å². The normalized spacial score (nSPS) is 30.9. The van der Waals surface area contributed by atoms with Crippen molar-refractivity contribution in [2.45, 2.75) is 102 Å². The third-order valence-electron chi connectivity index (χ3n) is 8.69. The van der Waals surface area contributed by atoms with E-state index in [2.05, 4.69) is 17.6 Å². The number of ether oxygens (including phenoxy) is 1. The molecule has 8 heteroatoms. The number of hydrogen-bond acceptors (Lipinski definition) is 5. The van der Waals surface area contributed by atoms with Gasteiger partial charge in [0.1, 0.15) is 11.6 Å². The predicted octanol–water partition coefficient (Wildman–Crippen LogP) is 2.93. The molecule has 0 aromatic heterocycles. The summed E-state index contributed by atoms with van der Waals surface area (Å²) < 4.78 is 6.79. The van der Waals surface area contributed by atoms with Crippen molar-refractivity contribution in [1.29, 1.82) is 0 Å². The Labute approximate surface area is 220 Å². The number of likely N-dealkylation sites (tertiary alicyclic amines) is 1. The van der Waals surface area contributed by atoms with Crippen LogP contribution in [0, 0.1) is 11.8 Å². The second kappa shape index (κ2) is 11.5. The number of carbonyl (C=O) groups is 3. The molecule has 3 unspecified atom stereocenters. The fourth-order valence-electron chi connectivity index (χ4n) is 6.95. The average Bonchev–Trinajstić information content (AvgIpc) is 3.49. The molecule has 1 aromatic rings. The van der Waals surface area contributed by atoms with Crippen LogP contribution in [-0.4, -0.2) is 64.2 Å². The van der Waals surface area contributed by atoms with Gasteiger partial charge in [-0.2, -0.15) is 0 Å². The Morgan fingerprint density at radius 3 is 2.57 bits per heavy atom. The molecule has 37 heavy (non-hydrogen) atoms. The Kier molecular flexibility index (Phi) is 8.59. The van der Waals surface area contributed by atoms with Crippen molar-refractivity contribution in [2.75, 3.05) is 13.2 Å².